The Bertz CT molecular complexity index is 543. The number of amides is 2. The number of urea groups is 1. The molecule has 2 N–H and O–H groups in total. The van der Waals surface area contributed by atoms with Crippen molar-refractivity contribution in [2.75, 3.05) is 6.54 Å². The Kier molecular flexibility index (Phi) is 2.69. The molecule has 100 valence electrons. The Morgan fingerprint density at radius 2 is 2.16 bits per heavy atom. The molecule has 2 aliphatic rings. The highest BCUT2D eigenvalue weighted by atomic mass is 16.4. The van der Waals surface area contributed by atoms with Crippen LogP contribution in [0.15, 0.2) is 24.3 Å². The summed E-state index contributed by atoms with van der Waals surface area (Å²) in [5, 5.41) is 11.9. The molecule has 1 aromatic carbocycles. The molecule has 3 unspecified atom stereocenters. The van der Waals surface area contributed by atoms with Crippen molar-refractivity contribution in [3.8, 4) is 0 Å². The lowest BCUT2D eigenvalue weighted by Gasteiger charge is -2.15. The van der Waals surface area contributed by atoms with E-state index in [4.69, 9.17) is 5.11 Å². The van der Waals surface area contributed by atoms with Crippen LogP contribution in [0.1, 0.15) is 23.6 Å². The topological polar surface area (TPSA) is 69.6 Å². The highest BCUT2D eigenvalue weighted by Gasteiger charge is 2.51. The van der Waals surface area contributed by atoms with Crippen molar-refractivity contribution in [3.05, 3.63) is 35.4 Å². The van der Waals surface area contributed by atoms with Crippen molar-refractivity contribution >= 4 is 12.0 Å². The molecule has 1 heterocycles. The van der Waals surface area contributed by atoms with Gasteiger partial charge in [-0.15, -0.1) is 0 Å². The second kappa shape index (κ2) is 4.26. The van der Waals surface area contributed by atoms with E-state index in [1.165, 1.54) is 0 Å². The SMILES string of the molecule is Cc1ccccc1C1CN(C2CC2C(=O)O)C(=O)N1. The number of rotatable bonds is 3. The molecule has 2 amide bonds. The van der Waals surface area contributed by atoms with Gasteiger partial charge in [0.25, 0.3) is 0 Å². The summed E-state index contributed by atoms with van der Waals surface area (Å²) in [7, 11) is 0. The maximum Gasteiger partial charge on any atom is 0.318 e. The smallest absolute Gasteiger partial charge is 0.318 e. The van der Waals surface area contributed by atoms with E-state index in [1.807, 2.05) is 31.2 Å². The predicted molar refractivity (Wildman–Crippen MR) is 68.7 cm³/mol. The third kappa shape index (κ3) is 2.05. The third-order valence-electron chi connectivity index (χ3n) is 3.98. The van der Waals surface area contributed by atoms with E-state index in [-0.39, 0.29) is 24.0 Å². The van der Waals surface area contributed by atoms with Gasteiger partial charge in [-0.05, 0) is 24.5 Å². The lowest BCUT2D eigenvalue weighted by Crippen LogP contribution is -2.32. The lowest BCUT2D eigenvalue weighted by atomic mass is 10.0. The predicted octanol–water partition coefficient (Wildman–Crippen LogP) is 1.53. The molecule has 5 heteroatoms. The summed E-state index contributed by atoms with van der Waals surface area (Å²) in [6, 6.07) is 7.62. The number of benzene rings is 1. The fourth-order valence-corrected chi connectivity index (χ4v) is 2.79. The minimum atomic E-state index is -0.808. The highest BCUT2D eigenvalue weighted by molar-refractivity contribution is 5.81. The molecule has 2 fully saturated rings. The molecule has 3 atom stereocenters. The highest BCUT2D eigenvalue weighted by Crippen LogP contribution is 2.39. The minimum absolute atomic E-state index is 0.0382. The number of aliphatic carboxylic acids is 1. The number of nitrogens with zero attached hydrogens (tertiary/aromatic N) is 1. The molecule has 19 heavy (non-hydrogen) atoms. The van der Waals surface area contributed by atoms with E-state index < -0.39 is 5.97 Å². The van der Waals surface area contributed by atoms with Crippen LogP contribution in [0.2, 0.25) is 0 Å². The van der Waals surface area contributed by atoms with E-state index in [2.05, 4.69) is 5.32 Å². The molecule has 1 saturated heterocycles. The van der Waals surface area contributed by atoms with Crippen molar-refractivity contribution in [2.24, 2.45) is 5.92 Å². The van der Waals surface area contributed by atoms with Gasteiger partial charge in [-0.1, -0.05) is 24.3 Å². The number of carboxylic acid groups (broad SMARTS) is 1. The van der Waals surface area contributed by atoms with E-state index in [9.17, 15) is 9.59 Å². The maximum absolute atomic E-state index is 11.9. The zero-order valence-corrected chi connectivity index (χ0v) is 10.7. The van der Waals surface area contributed by atoms with E-state index in [1.54, 1.807) is 4.90 Å². The number of hydrogen-bond acceptors (Lipinski definition) is 2. The summed E-state index contributed by atoms with van der Waals surface area (Å²) in [5.41, 5.74) is 2.24. The van der Waals surface area contributed by atoms with Crippen molar-refractivity contribution in [1.82, 2.24) is 10.2 Å². The first-order valence-corrected chi connectivity index (χ1v) is 6.43. The molecule has 1 aromatic rings. The summed E-state index contributed by atoms with van der Waals surface area (Å²) in [4.78, 5) is 24.5. The van der Waals surface area contributed by atoms with Gasteiger partial charge in [-0.3, -0.25) is 4.79 Å². The van der Waals surface area contributed by atoms with E-state index in [0.29, 0.717) is 13.0 Å². The third-order valence-corrected chi connectivity index (χ3v) is 3.98. The van der Waals surface area contributed by atoms with Crippen LogP contribution in [0.5, 0.6) is 0 Å². The monoisotopic (exact) mass is 260 g/mol. The zero-order valence-electron chi connectivity index (χ0n) is 10.7. The van der Waals surface area contributed by atoms with Crippen LogP contribution >= 0.6 is 0 Å². The molecule has 1 aliphatic heterocycles. The van der Waals surface area contributed by atoms with E-state index in [0.717, 1.165) is 11.1 Å². The Labute approximate surface area is 111 Å². The standard InChI is InChI=1S/C14H16N2O3/c1-8-4-2-3-5-9(8)11-7-16(14(19)15-11)12-6-10(12)13(17)18/h2-5,10-12H,6-7H2,1H3,(H,15,19)(H,17,18). The average Bonchev–Trinajstić information content (AvgIpc) is 3.08. The van der Waals surface area contributed by atoms with Crippen LogP contribution in [0, 0.1) is 12.8 Å². The first kappa shape index (κ1) is 12.0. The summed E-state index contributed by atoms with van der Waals surface area (Å²) >= 11 is 0. The van der Waals surface area contributed by atoms with Gasteiger partial charge in [-0.2, -0.15) is 0 Å². The van der Waals surface area contributed by atoms with Crippen LogP contribution < -0.4 is 5.32 Å². The van der Waals surface area contributed by atoms with Gasteiger partial charge >= 0.3 is 12.0 Å². The van der Waals surface area contributed by atoms with Gasteiger partial charge < -0.3 is 15.3 Å². The maximum atomic E-state index is 11.9. The second-order valence-corrected chi connectivity index (χ2v) is 5.26. The van der Waals surface area contributed by atoms with Crippen LogP contribution in [0.25, 0.3) is 0 Å². The Hall–Kier alpha value is -2.04. The number of carbonyl (C=O) groups excluding carboxylic acids is 1. The van der Waals surface area contributed by atoms with Crippen LogP contribution in [-0.4, -0.2) is 34.6 Å². The van der Waals surface area contributed by atoms with Crippen molar-refractivity contribution < 1.29 is 14.7 Å². The molecule has 5 nitrogen and oxygen atoms in total. The van der Waals surface area contributed by atoms with Gasteiger partial charge in [0, 0.05) is 12.6 Å². The van der Waals surface area contributed by atoms with Crippen molar-refractivity contribution in [2.45, 2.75) is 25.4 Å². The van der Waals surface area contributed by atoms with Gasteiger partial charge in [0.1, 0.15) is 0 Å². The number of carboxylic acids is 1. The first-order valence-electron chi connectivity index (χ1n) is 6.43. The van der Waals surface area contributed by atoms with Crippen molar-refractivity contribution in [3.63, 3.8) is 0 Å². The number of aryl methyl sites for hydroxylation is 1. The summed E-state index contributed by atoms with van der Waals surface area (Å²) < 4.78 is 0. The average molecular weight is 260 g/mol. The number of nitrogens with one attached hydrogen (secondary N) is 1. The van der Waals surface area contributed by atoms with Crippen LogP contribution in [0.3, 0.4) is 0 Å². The van der Waals surface area contributed by atoms with Gasteiger partial charge in [-0.25, -0.2) is 4.79 Å². The molecule has 0 bridgehead atoms. The van der Waals surface area contributed by atoms with Crippen LogP contribution in [-0.2, 0) is 4.79 Å². The molecule has 1 saturated carbocycles. The second-order valence-electron chi connectivity index (χ2n) is 5.26. The quantitative estimate of drug-likeness (QED) is 0.866. The molecular formula is C14H16N2O3. The summed E-state index contributed by atoms with van der Waals surface area (Å²) in [6.07, 6.45) is 0.573. The number of carbonyl (C=O) groups is 2. The fourth-order valence-electron chi connectivity index (χ4n) is 2.79. The summed E-state index contributed by atoms with van der Waals surface area (Å²) in [6.45, 7) is 2.57. The van der Waals surface area contributed by atoms with Gasteiger partial charge in [0.15, 0.2) is 0 Å². The molecule has 0 spiro atoms. The first-order chi connectivity index (χ1) is 9.08. The molecule has 3 rings (SSSR count). The minimum Gasteiger partial charge on any atom is -0.481 e. The summed E-state index contributed by atoms with van der Waals surface area (Å²) in [5.74, 6) is -1.20. The van der Waals surface area contributed by atoms with E-state index >= 15 is 0 Å². The molecule has 0 radical (unpaired) electrons. The van der Waals surface area contributed by atoms with Crippen molar-refractivity contribution in [1.29, 1.82) is 0 Å². The lowest BCUT2D eigenvalue weighted by molar-refractivity contribution is -0.138. The fraction of sp³-hybridized carbons (Fsp3) is 0.429. The Morgan fingerprint density at radius 1 is 1.42 bits per heavy atom. The molecule has 1 aliphatic carbocycles. The normalized spacial score (nSPS) is 29.2. The molecular weight excluding hydrogens is 244 g/mol. The van der Waals surface area contributed by atoms with Crippen LogP contribution in [0.4, 0.5) is 4.79 Å². The van der Waals surface area contributed by atoms with Gasteiger partial charge in [0.05, 0.1) is 12.0 Å². The molecule has 0 aromatic heterocycles. The Balaban J connectivity index is 1.74. The number of hydrogen-bond donors (Lipinski definition) is 2. The van der Waals surface area contributed by atoms with Gasteiger partial charge in [0.2, 0.25) is 0 Å². The largest absolute Gasteiger partial charge is 0.481 e. The Morgan fingerprint density at radius 3 is 2.79 bits per heavy atom. The zero-order chi connectivity index (χ0) is 13.6.